The monoisotopic (exact) mass is 254 g/mol. The van der Waals surface area contributed by atoms with Gasteiger partial charge in [-0.3, -0.25) is 0 Å². The fraction of sp³-hybridized carbons (Fsp3) is 1.00. The molecule has 0 aromatic rings. The van der Waals surface area contributed by atoms with Crippen LogP contribution in [0.4, 0.5) is 0 Å². The third kappa shape index (κ3) is 18.4. The highest BCUT2D eigenvalue weighted by Crippen LogP contribution is 2.16. The van der Waals surface area contributed by atoms with Gasteiger partial charge in [0, 0.05) is 0 Å². The Kier molecular flexibility index (Phi) is 15.1. The maximum atomic E-state index is 2.17. The van der Waals surface area contributed by atoms with Crippen molar-refractivity contribution in [1.29, 1.82) is 0 Å². The molecule has 0 heteroatoms. The van der Waals surface area contributed by atoms with E-state index in [1.165, 1.54) is 89.9 Å². The molecule has 1 fully saturated rings. The summed E-state index contributed by atoms with van der Waals surface area (Å²) in [6.45, 7) is 6.50. The van der Waals surface area contributed by atoms with E-state index < -0.39 is 0 Å². The minimum Gasteiger partial charge on any atom is -0.0630 e. The van der Waals surface area contributed by atoms with Gasteiger partial charge in [-0.05, 0) is 5.92 Å². The first kappa shape index (κ1) is 18.0. The lowest BCUT2D eigenvalue weighted by atomic mass is 10.0. The van der Waals surface area contributed by atoms with Crippen LogP contribution in [0.2, 0.25) is 0 Å². The summed E-state index contributed by atoms with van der Waals surface area (Å²) in [4.78, 5) is 0. The van der Waals surface area contributed by atoms with Crippen LogP contribution in [0, 0.1) is 5.92 Å². The first-order valence-electron chi connectivity index (χ1n) is 8.73. The molecule has 0 nitrogen and oxygen atoms in total. The van der Waals surface area contributed by atoms with Gasteiger partial charge in [-0.1, -0.05) is 111 Å². The SMILES string of the molecule is C1CCCCCCCCCCCCC1.CC(C)C. The number of rotatable bonds is 0. The van der Waals surface area contributed by atoms with Crippen molar-refractivity contribution >= 4 is 0 Å². The molecule has 0 N–H and O–H groups in total. The van der Waals surface area contributed by atoms with Crippen molar-refractivity contribution in [2.45, 2.75) is 111 Å². The summed E-state index contributed by atoms with van der Waals surface area (Å²) >= 11 is 0. The third-order valence-electron chi connectivity index (χ3n) is 3.50. The van der Waals surface area contributed by atoms with Gasteiger partial charge < -0.3 is 0 Å². The molecule has 0 unspecified atom stereocenters. The van der Waals surface area contributed by atoms with Gasteiger partial charge in [-0.2, -0.15) is 0 Å². The predicted octanol–water partition coefficient (Wildman–Crippen LogP) is 7.12. The molecule has 0 amide bonds. The van der Waals surface area contributed by atoms with E-state index in [1.807, 2.05) is 0 Å². The molecule has 18 heavy (non-hydrogen) atoms. The third-order valence-corrected chi connectivity index (χ3v) is 3.50. The van der Waals surface area contributed by atoms with Gasteiger partial charge >= 0.3 is 0 Å². The molecule has 0 aromatic carbocycles. The average Bonchev–Trinajstić information content (AvgIpc) is 2.32. The zero-order chi connectivity index (χ0) is 13.5. The molecule has 1 saturated carbocycles. The van der Waals surface area contributed by atoms with Crippen molar-refractivity contribution in [3.63, 3.8) is 0 Å². The minimum atomic E-state index is 0.833. The van der Waals surface area contributed by atoms with Crippen LogP contribution in [0.5, 0.6) is 0 Å². The maximum absolute atomic E-state index is 2.17. The first-order chi connectivity index (χ1) is 8.73. The van der Waals surface area contributed by atoms with Crippen molar-refractivity contribution in [1.82, 2.24) is 0 Å². The van der Waals surface area contributed by atoms with Gasteiger partial charge in [0.15, 0.2) is 0 Å². The molecule has 1 rings (SSSR count). The van der Waals surface area contributed by atoms with E-state index in [-0.39, 0.29) is 0 Å². The Morgan fingerprint density at radius 2 is 0.389 bits per heavy atom. The highest BCUT2D eigenvalue weighted by molar-refractivity contribution is 4.51. The van der Waals surface area contributed by atoms with Crippen LogP contribution >= 0.6 is 0 Å². The lowest BCUT2D eigenvalue weighted by Gasteiger charge is -2.05. The molecule has 1 aliphatic rings. The maximum Gasteiger partial charge on any atom is -0.0500 e. The predicted molar refractivity (Wildman–Crippen MR) is 85.2 cm³/mol. The lowest BCUT2D eigenvalue weighted by Crippen LogP contribution is -1.85. The van der Waals surface area contributed by atoms with Gasteiger partial charge in [0.25, 0.3) is 0 Å². The Balaban J connectivity index is 0.000000631. The van der Waals surface area contributed by atoms with E-state index in [0.29, 0.717) is 0 Å². The zero-order valence-corrected chi connectivity index (χ0v) is 13.5. The Morgan fingerprint density at radius 3 is 0.444 bits per heavy atom. The summed E-state index contributed by atoms with van der Waals surface area (Å²) in [5.41, 5.74) is 0. The first-order valence-corrected chi connectivity index (χ1v) is 8.73. The van der Waals surface area contributed by atoms with E-state index in [9.17, 15) is 0 Å². The molecule has 0 aliphatic heterocycles. The van der Waals surface area contributed by atoms with Crippen molar-refractivity contribution in [2.24, 2.45) is 5.92 Å². The summed E-state index contributed by atoms with van der Waals surface area (Å²) < 4.78 is 0. The Hall–Kier alpha value is 0. The summed E-state index contributed by atoms with van der Waals surface area (Å²) in [5, 5.41) is 0. The van der Waals surface area contributed by atoms with Crippen molar-refractivity contribution in [3.8, 4) is 0 Å². The normalized spacial score (nSPS) is 20.7. The van der Waals surface area contributed by atoms with Crippen LogP contribution in [0.1, 0.15) is 111 Å². The summed E-state index contributed by atoms with van der Waals surface area (Å²) in [5.74, 6) is 0.833. The molecule has 0 radical (unpaired) electrons. The highest BCUT2D eigenvalue weighted by atomic mass is 14.0. The molecule has 0 heterocycles. The van der Waals surface area contributed by atoms with Gasteiger partial charge in [-0.15, -0.1) is 0 Å². The fourth-order valence-electron chi connectivity index (χ4n) is 2.47. The van der Waals surface area contributed by atoms with E-state index in [4.69, 9.17) is 0 Å². The molecule has 0 bridgehead atoms. The van der Waals surface area contributed by atoms with Crippen molar-refractivity contribution in [3.05, 3.63) is 0 Å². The minimum absolute atomic E-state index is 0.833. The van der Waals surface area contributed by atoms with Crippen molar-refractivity contribution in [2.75, 3.05) is 0 Å². The molecule has 1 aliphatic carbocycles. The van der Waals surface area contributed by atoms with E-state index >= 15 is 0 Å². The van der Waals surface area contributed by atoms with Crippen LogP contribution in [-0.2, 0) is 0 Å². The van der Waals surface area contributed by atoms with Crippen molar-refractivity contribution < 1.29 is 0 Å². The van der Waals surface area contributed by atoms with Crippen LogP contribution in [0.15, 0.2) is 0 Å². The highest BCUT2D eigenvalue weighted by Gasteiger charge is 1.96. The number of hydrogen-bond acceptors (Lipinski definition) is 0. The molecular formula is C18H38. The molecular weight excluding hydrogens is 216 g/mol. The van der Waals surface area contributed by atoms with Crippen LogP contribution in [-0.4, -0.2) is 0 Å². The van der Waals surface area contributed by atoms with Gasteiger partial charge in [0.2, 0.25) is 0 Å². The largest absolute Gasteiger partial charge is 0.0630 e. The van der Waals surface area contributed by atoms with E-state index in [1.54, 1.807) is 0 Å². The van der Waals surface area contributed by atoms with Gasteiger partial charge in [-0.25, -0.2) is 0 Å². The smallest absolute Gasteiger partial charge is 0.0500 e. The standard InChI is InChI=1S/C14H28.C4H10/c1-2-4-6-8-10-12-14-13-11-9-7-5-3-1;1-4(2)3/h1-14H2;4H,1-3H3. The summed E-state index contributed by atoms with van der Waals surface area (Å²) in [6.07, 6.45) is 21.0. The summed E-state index contributed by atoms with van der Waals surface area (Å²) in [7, 11) is 0. The number of hydrogen-bond donors (Lipinski definition) is 0. The Bertz CT molecular complexity index is 80.9. The molecule has 0 spiro atoms. The zero-order valence-electron chi connectivity index (χ0n) is 13.5. The second-order valence-corrected chi connectivity index (χ2v) is 6.68. The quantitative estimate of drug-likeness (QED) is 0.431. The van der Waals surface area contributed by atoms with Crippen LogP contribution < -0.4 is 0 Å². The average molecular weight is 255 g/mol. The molecule has 110 valence electrons. The summed E-state index contributed by atoms with van der Waals surface area (Å²) in [6, 6.07) is 0. The lowest BCUT2D eigenvalue weighted by molar-refractivity contribution is 0.504. The molecule has 0 atom stereocenters. The van der Waals surface area contributed by atoms with Gasteiger partial charge in [0.1, 0.15) is 0 Å². The van der Waals surface area contributed by atoms with Gasteiger partial charge in [0.05, 0.1) is 0 Å². The fourth-order valence-corrected chi connectivity index (χ4v) is 2.47. The molecule has 0 saturated heterocycles. The van der Waals surface area contributed by atoms with Crippen LogP contribution in [0.3, 0.4) is 0 Å². The Morgan fingerprint density at radius 1 is 0.333 bits per heavy atom. The van der Waals surface area contributed by atoms with Crippen LogP contribution in [0.25, 0.3) is 0 Å². The van der Waals surface area contributed by atoms with E-state index in [0.717, 1.165) is 5.92 Å². The second-order valence-electron chi connectivity index (χ2n) is 6.68. The second kappa shape index (κ2) is 15.1. The molecule has 0 aromatic heterocycles. The topological polar surface area (TPSA) is 0 Å². The Labute approximate surface area is 117 Å². The van der Waals surface area contributed by atoms with E-state index in [2.05, 4.69) is 20.8 Å².